The topological polar surface area (TPSA) is 69.2 Å². The number of hydrogen-bond donors (Lipinski definition) is 0. The fourth-order valence-electron chi connectivity index (χ4n) is 0.612. The Morgan fingerprint density at radius 2 is 1.09 bits per heavy atom. The third-order valence-corrected chi connectivity index (χ3v) is 3.67. The molecule has 0 heterocycles. The molecule has 0 fully saturated rings. The monoisotopic (exact) mass is 294 g/mol. The molecule has 0 amide bonds. The highest BCUT2D eigenvalue weighted by Gasteiger charge is 2.05. The number of halogens is 1. The molecule has 0 saturated carbocycles. The molecule has 0 saturated heterocycles. The molecule has 0 spiro atoms. The second-order valence-electron chi connectivity index (χ2n) is 1.67. The van der Waals surface area contributed by atoms with Crippen LogP contribution in [0.5, 0.6) is 0 Å². The molecule has 0 aliphatic rings. The molecule has 0 aliphatic heterocycles. The Balaban J connectivity index is 0. The van der Waals surface area contributed by atoms with E-state index in [2.05, 4.69) is 20.8 Å². The molecule has 0 N–H and O–H groups in total. The van der Waals surface area contributed by atoms with Gasteiger partial charge in [-0.1, -0.05) is 0 Å². The fourth-order valence-corrected chi connectivity index (χ4v) is 1.84. The molecular weight excluding hydrogens is 279 g/mol. The first-order valence-electron chi connectivity index (χ1n) is 3.45. The molecule has 0 atom stereocenters. The van der Waals surface area contributed by atoms with Crippen molar-refractivity contribution in [3.63, 3.8) is 0 Å². The van der Waals surface area contributed by atoms with Crippen molar-refractivity contribution in [2.75, 3.05) is 17.3 Å². The van der Waals surface area contributed by atoms with E-state index in [1.54, 1.807) is 0 Å². The van der Waals surface area contributed by atoms with Gasteiger partial charge >= 0.3 is 0 Å². The smallest absolute Gasteiger partial charge is 0.282 e. The highest BCUT2D eigenvalue weighted by Crippen LogP contribution is 1.92. The van der Waals surface area contributed by atoms with Crippen LogP contribution in [-0.4, -0.2) is 17.3 Å². The van der Waals surface area contributed by atoms with Crippen molar-refractivity contribution in [1.29, 1.82) is 0 Å². The van der Waals surface area contributed by atoms with Crippen LogP contribution in [0.2, 0.25) is 0 Å². The molecule has 0 unspecified atom stereocenters. The Kier molecular flexibility index (Phi) is 14.4. The molecule has 0 bridgehead atoms. The fraction of sp³-hybridized carbons (Fsp3) is 1.00. The lowest BCUT2D eigenvalue weighted by Gasteiger charge is -1.96. The van der Waals surface area contributed by atoms with Crippen LogP contribution in [0.15, 0.2) is 0 Å². The largest absolute Gasteiger partial charge is 0.427 e. The molecule has 5 heteroatoms. The van der Waals surface area contributed by atoms with Crippen LogP contribution in [0.1, 0.15) is 20.8 Å². The first-order chi connectivity index (χ1) is 5.08. The zero-order chi connectivity index (χ0) is 9.28. The minimum absolute atomic E-state index is 0.755. The first-order valence-corrected chi connectivity index (χ1v) is 7.82. The molecule has 11 heavy (non-hydrogen) atoms. The minimum atomic E-state index is -4.01. The molecule has 0 aromatic rings. The van der Waals surface area contributed by atoms with Crippen molar-refractivity contribution in [3.8, 4) is 0 Å². The zero-order valence-corrected chi connectivity index (χ0v) is 10.1. The van der Waals surface area contributed by atoms with Crippen molar-refractivity contribution in [3.05, 3.63) is 0 Å². The van der Waals surface area contributed by atoms with Crippen LogP contribution < -0.4 is 31.4 Å². The lowest BCUT2D eigenvalue weighted by molar-refractivity contribution is -1.73. The van der Waals surface area contributed by atoms with E-state index in [4.69, 9.17) is 10.3 Å². The van der Waals surface area contributed by atoms with Gasteiger partial charge in [0.25, 0.3) is 21.1 Å². The van der Waals surface area contributed by atoms with E-state index < -0.39 is 21.1 Å². The minimum Gasteiger partial charge on any atom is -0.427 e. The average molecular weight is 294 g/mol. The predicted octanol–water partition coefficient (Wildman–Crippen LogP) is -4.90. The average Bonchev–Trinajstić information content (AvgIpc) is 1.90. The van der Waals surface area contributed by atoms with E-state index in [1.807, 2.05) is 0 Å². The zero-order valence-electron chi connectivity index (χ0n) is 7.13. The third kappa shape index (κ3) is 18.2. The van der Waals surface area contributed by atoms with Gasteiger partial charge in [-0.05, 0) is 31.7 Å². The molecule has 0 aliphatic carbocycles. The summed E-state index contributed by atoms with van der Waals surface area (Å²) >= 11 is -4.01. The molecule has 70 valence electrons. The van der Waals surface area contributed by atoms with E-state index in [9.17, 15) is 0 Å². The van der Waals surface area contributed by atoms with Gasteiger partial charge in [0.15, 0.2) is 0 Å². The molecule has 0 aromatic carbocycles. The van der Waals surface area contributed by atoms with Gasteiger partial charge in [0.2, 0.25) is 0 Å². The standard InChI is InChI=1S/C6H15S.IO3/c1-4-7(5-2)6-3;2-1(3)4/h4-6H2,1-3H3;/q+1;-1. The Hall–Kier alpha value is 0.960. The Bertz CT molecular complexity index is 60.6. The maximum absolute atomic E-state index is 8.57. The lowest BCUT2D eigenvalue weighted by atomic mass is 10.9. The van der Waals surface area contributed by atoms with E-state index >= 15 is 0 Å². The van der Waals surface area contributed by atoms with Crippen LogP contribution in [-0.2, 0) is 10.9 Å². The first kappa shape index (κ1) is 14.5. The van der Waals surface area contributed by atoms with Crippen molar-refractivity contribution in [2.45, 2.75) is 20.8 Å². The highest BCUT2D eigenvalue weighted by atomic mass is 127. The Morgan fingerprint density at radius 1 is 0.909 bits per heavy atom. The van der Waals surface area contributed by atoms with Gasteiger partial charge in [-0.25, -0.2) is 0 Å². The molecular formula is C6H15IO3S. The van der Waals surface area contributed by atoms with Gasteiger partial charge in [0, 0.05) is 0 Å². The van der Waals surface area contributed by atoms with Crippen molar-refractivity contribution >= 4 is 10.9 Å². The summed E-state index contributed by atoms with van der Waals surface area (Å²) in [5.74, 6) is 4.15. The van der Waals surface area contributed by atoms with Gasteiger partial charge in [-0.3, -0.25) is 0 Å². The summed E-state index contributed by atoms with van der Waals surface area (Å²) in [4.78, 5) is 0. The second kappa shape index (κ2) is 11.0. The maximum atomic E-state index is 8.57. The van der Waals surface area contributed by atoms with E-state index in [1.165, 1.54) is 17.3 Å². The summed E-state index contributed by atoms with van der Waals surface area (Å²) in [5, 5.41) is 0. The lowest BCUT2D eigenvalue weighted by Crippen LogP contribution is -4.05. The van der Waals surface area contributed by atoms with E-state index in [0.29, 0.717) is 0 Å². The summed E-state index contributed by atoms with van der Waals surface area (Å²) < 4.78 is 25.7. The number of hydrogen-bond acceptors (Lipinski definition) is 3. The summed E-state index contributed by atoms with van der Waals surface area (Å²) in [7, 11) is 0.755. The normalized spacial score (nSPS) is 9.82. The Labute approximate surface area is 80.2 Å². The number of rotatable bonds is 3. The maximum Gasteiger partial charge on any atom is 0.282 e. The van der Waals surface area contributed by atoms with Crippen LogP contribution in [0.4, 0.5) is 0 Å². The van der Waals surface area contributed by atoms with Crippen LogP contribution >= 0.6 is 0 Å². The summed E-state index contributed by atoms with van der Waals surface area (Å²) in [6, 6.07) is 0. The SMILES string of the molecule is CC[S+](CC)CC.[O-][I+2]([O-])[O-]. The van der Waals surface area contributed by atoms with Crippen LogP contribution in [0.25, 0.3) is 0 Å². The van der Waals surface area contributed by atoms with E-state index in [0.717, 1.165) is 10.9 Å². The summed E-state index contributed by atoms with van der Waals surface area (Å²) in [6.07, 6.45) is 0. The van der Waals surface area contributed by atoms with Crippen molar-refractivity contribution in [1.82, 2.24) is 0 Å². The second-order valence-corrected chi connectivity index (χ2v) is 5.70. The van der Waals surface area contributed by atoms with Crippen molar-refractivity contribution in [2.24, 2.45) is 0 Å². The van der Waals surface area contributed by atoms with Gasteiger partial charge in [0.05, 0.1) is 0 Å². The summed E-state index contributed by atoms with van der Waals surface area (Å²) in [6.45, 7) is 6.82. The molecule has 0 rings (SSSR count). The van der Waals surface area contributed by atoms with Gasteiger partial charge in [-0.2, -0.15) is 0 Å². The van der Waals surface area contributed by atoms with Gasteiger partial charge < -0.3 is 10.3 Å². The quantitative estimate of drug-likeness (QED) is 0.387. The third-order valence-electron chi connectivity index (χ3n) is 1.22. The molecule has 0 radical (unpaired) electrons. The van der Waals surface area contributed by atoms with E-state index in [-0.39, 0.29) is 0 Å². The highest BCUT2D eigenvalue weighted by molar-refractivity contribution is 7.96. The van der Waals surface area contributed by atoms with Gasteiger partial charge in [0.1, 0.15) is 17.3 Å². The van der Waals surface area contributed by atoms with Gasteiger partial charge in [-0.15, -0.1) is 0 Å². The summed E-state index contributed by atoms with van der Waals surface area (Å²) in [5.41, 5.74) is 0. The molecule has 3 nitrogen and oxygen atoms in total. The van der Waals surface area contributed by atoms with Crippen molar-refractivity contribution < 1.29 is 31.4 Å². The predicted molar refractivity (Wildman–Crippen MR) is 39.0 cm³/mol. The van der Waals surface area contributed by atoms with Crippen LogP contribution in [0.3, 0.4) is 0 Å². The molecule has 0 aromatic heterocycles. The van der Waals surface area contributed by atoms with Crippen LogP contribution in [0, 0.1) is 0 Å². The Morgan fingerprint density at radius 3 is 1.09 bits per heavy atom.